The summed E-state index contributed by atoms with van der Waals surface area (Å²) < 4.78 is 33.2. The van der Waals surface area contributed by atoms with Crippen molar-refractivity contribution in [1.29, 1.82) is 5.26 Å². The fraction of sp³-hybridized carbons (Fsp3) is 0.500. The average Bonchev–Trinajstić information content (AvgIpc) is 3.27. The zero-order chi connectivity index (χ0) is 46.8. The summed E-state index contributed by atoms with van der Waals surface area (Å²) in [6.45, 7) is 4.64. The highest BCUT2D eigenvalue weighted by atomic mass is 35.5. The molecular formula is C48H62ClFN6O8. The molecule has 0 radical (unpaired) electrons. The highest BCUT2D eigenvalue weighted by molar-refractivity contribution is 6.32. The van der Waals surface area contributed by atoms with Crippen molar-refractivity contribution in [2.24, 2.45) is 29.0 Å². The van der Waals surface area contributed by atoms with E-state index in [9.17, 15) is 29.2 Å². The number of benzene rings is 3. The predicted molar refractivity (Wildman–Crippen MR) is 243 cm³/mol. The fourth-order valence-electron chi connectivity index (χ4n) is 7.72. The lowest BCUT2D eigenvalue weighted by Gasteiger charge is -2.32. The van der Waals surface area contributed by atoms with E-state index in [2.05, 4.69) is 12.2 Å². The van der Waals surface area contributed by atoms with Crippen molar-refractivity contribution in [1.82, 2.24) is 10.2 Å². The number of hydrogen-bond acceptors (Lipinski definition) is 12. The number of carbonyl (C=O) groups excluding carboxylic acids is 5. The van der Waals surface area contributed by atoms with Crippen LogP contribution in [0.15, 0.2) is 48.5 Å². The van der Waals surface area contributed by atoms with Gasteiger partial charge < -0.3 is 41.6 Å². The Morgan fingerprint density at radius 2 is 1.58 bits per heavy atom. The number of carbonyl (C=O) groups is 5. The molecule has 4 rings (SSSR count). The average molecular weight is 906 g/mol. The van der Waals surface area contributed by atoms with Crippen molar-refractivity contribution in [2.45, 2.75) is 96.6 Å². The molecule has 4 atom stereocenters. The Labute approximate surface area is 380 Å². The molecule has 2 amide bonds. The van der Waals surface area contributed by atoms with E-state index < -0.39 is 53.1 Å². The van der Waals surface area contributed by atoms with E-state index in [4.69, 9.17) is 43.0 Å². The van der Waals surface area contributed by atoms with Crippen LogP contribution in [-0.2, 0) is 25.6 Å². The number of amides is 2. The summed E-state index contributed by atoms with van der Waals surface area (Å²) in [7, 11) is 1.44. The Hall–Kier alpha value is -5.40. The van der Waals surface area contributed by atoms with E-state index in [1.165, 1.54) is 18.0 Å². The van der Waals surface area contributed by atoms with Crippen LogP contribution in [-0.4, -0.2) is 86.6 Å². The Bertz CT molecular complexity index is 2120. The molecule has 7 N–H and O–H groups in total. The van der Waals surface area contributed by atoms with Gasteiger partial charge in [0.25, 0.3) is 0 Å². The molecule has 1 heterocycles. The molecular weight excluding hydrogens is 843 g/mol. The SMILES string of the molecule is CCCCCCCOc1c(F)cc(C(=O)C[C@@H](CCN)C(=O)N(C)[C@@H]2C(=O)C[C@@H](C)C(=O)N[C@H](C(=O)CCC#N)Cc3ccc(OCCN)c(c3)-c3cc2ccc3OCCN)cc1Cl. The first-order chi connectivity index (χ1) is 30.8. The van der Waals surface area contributed by atoms with Gasteiger partial charge in [0.05, 0.1) is 23.7 Å². The van der Waals surface area contributed by atoms with Crippen LogP contribution in [0.3, 0.4) is 0 Å². The minimum atomic E-state index is -1.29. The van der Waals surface area contributed by atoms with Gasteiger partial charge >= 0.3 is 0 Å². The quantitative estimate of drug-likeness (QED) is 0.0597. The number of Topliss-reactive ketones (excluding diaryl/α,β-unsaturated/α-hetero) is 3. The molecule has 16 heteroatoms. The molecule has 14 nitrogen and oxygen atoms in total. The normalized spacial score (nSPS) is 16.8. The summed E-state index contributed by atoms with van der Waals surface area (Å²) in [6, 6.07) is 12.3. The third kappa shape index (κ3) is 14.0. The number of unbranched alkanes of at least 4 members (excludes halogenated alkanes) is 4. The molecule has 0 fully saturated rings. The van der Waals surface area contributed by atoms with Gasteiger partial charge in [0.1, 0.15) is 30.8 Å². The van der Waals surface area contributed by atoms with Gasteiger partial charge in [-0.25, -0.2) is 4.39 Å². The van der Waals surface area contributed by atoms with E-state index in [1.54, 1.807) is 43.3 Å². The molecule has 0 unspecified atom stereocenters. The van der Waals surface area contributed by atoms with Crippen molar-refractivity contribution >= 4 is 40.8 Å². The summed E-state index contributed by atoms with van der Waals surface area (Å²) in [5.41, 5.74) is 19.6. The van der Waals surface area contributed by atoms with E-state index in [0.29, 0.717) is 33.8 Å². The molecule has 64 heavy (non-hydrogen) atoms. The lowest BCUT2D eigenvalue weighted by Crippen LogP contribution is -2.46. The molecule has 1 aliphatic rings. The number of ether oxygens (including phenoxy) is 3. The van der Waals surface area contributed by atoms with Crippen LogP contribution in [0.1, 0.15) is 106 Å². The van der Waals surface area contributed by atoms with E-state index >= 15 is 4.39 Å². The zero-order valence-electron chi connectivity index (χ0n) is 37.1. The smallest absolute Gasteiger partial charge is 0.226 e. The fourth-order valence-corrected chi connectivity index (χ4v) is 7.98. The standard InChI is InChI=1S/C48H62ClFN6O8/c1-4-5-6-7-8-20-64-46-37(49)27-34(28-38(46)50)41(58)29-33(15-17-52)48(61)56(3)45-32-12-14-44(63-22-19-54)36(26-32)35-24-31(11-13-43(35)62-21-18-53)25-39(40(57)10-9-16-51)55-47(60)30(2)23-42(45)59/h11-14,24,26-28,30,33,39,45H,4-10,15,17-23,25,29,52-54H2,1-3H3,(H,55,60)/t30-,33-,39+,45+/m1/s1. The van der Waals surface area contributed by atoms with Gasteiger partial charge in [-0.15, -0.1) is 0 Å². The van der Waals surface area contributed by atoms with Gasteiger partial charge in [0, 0.05) is 74.3 Å². The predicted octanol–water partition coefficient (Wildman–Crippen LogP) is 6.42. The zero-order valence-corrected chi connectivity index (χ0v) is 37.9. The third-order valence-corrected chi connectivity index (χ3v) is 11.4. The highest BCUT2D eigenvalue weighted by Crippen LogP contribution is 2.41. The lowest BCUT2D eigenvalue weighted by atomic mass is 9.88. The number of rotatable bonds is 23. The molecule has 4 bridgehead atoms. The number of fused-ring (bicyclic) bond motifs is 5. The molecule has 0 saturated heterocycles. The number of likely N-dealkylation sites (N-methyl/N-ethyl adjacent to an activating group) is 1. The minimum Gasteiger partial charge on any atom is -0.492 e. The Morgan fingerprint density at radius 3 is 2.22 bits per heavy atom. The number of ketones is 3. The number of nitrogens with one attached hydrogen (secondary N) is 1. The Kier molecular flexibility index (Phi) is 20.6. The maximum atomic E-state index is 15.3. The molecule has 3 aromatic carbocycles. The second-order valence-electron chi connectivity index (χ2n) is 16.1. The van der Waals surface area contributed by atoms with Crippen LogP contribution in [0.25, 0.3) is 11.1 Å². The van der Waals surface area contributed by atoms with Crippen molar-refractivity contribution in [3.63, 3.8) is 0 Å². The summed E-state index contributed by atoms with van der Waals surface area (Å²) in [6.07, 6.45) is 4.15. The molecule has 0 saturated carbocycles. The topological polar surface area (TPSA) is 230 Å². The largest absolute Gasteiger partial charge is 0.492 e. The van der Waals surface area contributed by atoms with Crippen LogP contribution in [0.2, 0.25) is 5.02 Å². The van der Waals surface area contributed by atoms with Crippen molar-refractivity contribution in [2.75, 3.05) is 46.5 Å². The number of halogens is 2. The van der Waals surface area contributed by atoms with Crippen LogP contribution >= 0.6 is 11.6 Å². The number of nitrogens with zero attached hydrogens (tertiary/aromatic N) is 2. The van der Waals surface area contributed by atoms with Crippen molar-refractivity contribution in [3.05, 3.63) is 76.1 Å². The Morgan fingerprint density at radius 1 is 0.906 bits per heavy atom. The van der Waals surface area contributed by atoms with Gasteiger partial charge in [-0.05, 0) is 73.3 Å². The first-order valence-electron chi connectivity index (χ1n) is 22.1. The molecule has 0 spiro atoms. The number of nitrogens with two attached hydrogens (primary N) is 3. The maximum absolute atomic E-state index is 15.3. The number of hydrogen-bond donors (Lipinski definition) is 4. The van der Waals surface area contributed by atoms with Crippen LogP contribution in [0.4, 0.5) is 4.39 Å². The van der Waals surface area contributed by atoms with E-state index in [1.807, 2.05) is 6.07 Å². The first-order valence-corrected chi connectivity index (χ1v) is 22.4. The number of nitriles is 1. The van der Waals surface area contributed by atoms with Gasteiger partial charge in [-0.3, -0.25) is 24.0 Å². The highest BCUT2D eigenvalue weighted by Gasteiger charge is 2.36. The van der Waals surface area contributed by atoms with Crippen LogP contribution in [0, 0.1) is 29.0 Å². The minimum absolute atomic E-state index is 0.0149. The second-order valence-corrected chi connectivity index (χ2v) is 16.5. The van der Waals surface area contributed by atoms with Crippen molar-refractivity contribution in [3.8, 4) is 34.4 Å². The second kappa shape index (κ2) is 25.8. The molecule has 1 aliphatic heterocycles. The first kappa shape index (κ1) is 51.2. The van der Waals surface area contributed by atoms with Gasteiger partial charge in [0.2, 0.25) is 11.8 Å². The van der Waals surface area contributed by atoms with Crippen LogP contribution < -0.4 is 36.7 Å². The monoisotopic (exact) mass is 904 g/mol. The molecule has 0 aromatic heterocycles. The maximum Gasteiger partial charge on any atom is 0.226 e. The molecule has 0 aliphatic carbocycles. The van der Waals surface area contributed by atoms with Crippen LogP contribution in [0.5, 0.6) is 17.2 Å². The Balaban J connectivity index is 1.77. The summed E-state index contributed by atoms with van der Waals surface area (Å²) in [5, 5.41) is 12.0. The third-order valence-electron chi connectivity index (χ3n) is 11.1. The summed E-state index contributed by atoms with van der Waals surface area (Å²) in [4.78, 5) is 71.5. The summed E-state index contributed by atoms with van der Waals surface area (Å²) in [5.74, 6) is -4.73. The van der Waals surface area contributed by atoms with Gasteiger partial charge in [-0.2, -0.15) is 5.26 Å². The van der Waals surface area contributed by atoms with Gasteiger partial charge in [0.15, 0.2) is 28.9 Å². The lowest BCUT2D eigenvalue weighted by molar-refractivity contribution is -0.142. The summed E-state index contributed by atoms with van der Waals surface area (Å²) >= 11 is 6.42. The molecule has 346 valence electrons. The van der Waals surface area contributed by atoms with Crippen molar-refractivity contribution < 1.29 is 42.6 Å². The molecule has 3 aromatic rings. The van der Waals surface area contributed by atoms with Gasteiger partial charge in [-0.1, -0.05) is 63.3 Å². The van der Waals surface area contributed by atoms with E-state index in [0.717, 1.165) is 38.2 Å². The van der Waals surface area contributed by atoms with E-state index in [-0.39, 0.29) is 100 Å².